The minimum atomic E-state index is 0.850. The summed E-state index contributed by atoms with van der Waals surface area (Å²) in [5, 5.41) is 12.3. The summed E-state index contributed by atoms with van der Waals surface area (Å²) in [6.45, 7) is 11.9. The van der Waals surface area contributed by atoms with Gasteiger partial charge in [0.05, 0.1) is 11.9 Å². The summed E-state index contributed by atoms with van der Waals surface area (Å²) in [6, 6.07) is 0. The molecule has 0 saturated carbocycles. The van der Waals surface area contributed by atoms with E-state index in [1.165, 1.54) is 16.8 Å². The normalized spacial score (nSPS) is 11.2. The van der Waals surface area contributed by atoms with Crippen molar-refractivity contribution in [1.29, 1.82) is 0 Å². The first-order valence-corrected chi connectivity index (χ1v) is 6.90. The maximum atomic E-state index is 4.45. The molecule has 0 amide bonds. The second-order valence-corrected chi connectivity index (χ2v) is 4.77. The molecule has 0 aliphatic rings. The third-order valence-electron chi connectivity index (χ3n) is 3.51. The summed E-state index contributed by atoms with van der Waals surface area (Å²) in [5.41, 5.74) is 4.89. The molecular formula is C14H23N5. The van der Waals surface area contributed by atoms with Crippen LogP contribution in [0.25, 0.3) is 0 Å². The summed E-state index contributed by atoms with van der Waals surface area (Å²) in [7, 11) is 0. The maximum absolute atomic E-state index is 4.45. The zero-order valence-corrected chi connectivity index (χ0v) is 12.3. The van der Waals surface area contributed by atoms with Crippen LogP contribution >= 0.6 is 0 Å². The predicted molar refractivity (Wildman–Crippen MR) is 75.8 cm³/mol. The summed E-state index contributed by atoms with van der Waals surface area (Å²) in [4.78, 5) is 0. The van der Waals surface area contributed by atoms with Crippen molar-refractivity contribution in [3.8, 4) is 0 Å². The molecule has 19 heavy (non-hydrogen) atoms. The van der Waals surface area contributed by atoms with Gasteiger partial charge in [-0.15, -0.1) is 0 Å². The highest BCUT2D eigenvalue weighted by Gasteiger charge is 2.06. The summed E-state index contributed by atoms with van der Waals surface area (Å²) < 4.78 is 4.00. The smallest absolute Gasteiger partial charge is 0.0638 e. The lowest BCUT2D eigenvalue weighted by molar-refractivity contribution is 0.633. The standard InChI is InChI=1S/C14H23N5/c1-5-18-10-14(11(3)17-18)8-15-7-13-9-16-19(6-2)12(13)4/h9-10,15H,5-8H2,1-4H3. The fraction of sp³-hybridized carbons (Fsp3) is 0.571. The molecule has 2 aromatic rings. The average molecular weight is 261 g/mol. The second kappa shape index (κ2) is 6.02. The highest BCUT2D eigenvalue weighted by Crippen LogP contribution is 2.08. The van der Waals surface area contributed by atoms with Gasteiger partial charge in [-0.1, -0.05) is 0 Å². The third kappa shape index (κ3) is 3.04. The highest BCUT2D eigenvalue weighted by molar-refractivity contribution is 5.18. The van der Waals surface area contributed by atoms with E-state index in [2.05, 4.69) is 49.4 Å². The molecule has 5 nitrogen and oxygen atoms in total. The Bertz CT molecular complexity index is 536. The van der Waals surface area contributed by atoms with Crippen molar-refractivity contribution in [3.05, 3.63) is 34.9 Å². The van der Waals surface area contributed by atoms with Gasteiger partial charge in [0.15, 0.2) is 0 Å². The van der Waals surface area contributed by atoms with Crippen molar-refractivity contribution in [2.24, 2.45) is 0 Å². The topological polar surface area (TPSA) is 47.7 Å². The van der Waals surface area contributed by atoms with E-state index in [0.717, 1.165) is 31.9 Å². The Hall–Kier alpha value is -1.62. The van der Waals surface area contributed by atoms with Crippen LogP contribution in [0.3, 0.4) is 0 Å². The molecule has 5 heteroatoms. The van der Waals surface area contributed by atoms with Crippen LogP contribution in [0.5, 0.6) is 0 Å². The number of hydrogen-bond donors (Lipinski definition) is 1. The van der Waals surface area contributed by atoms with E-state index >= 15 is 0 Å². The molecule has 0 saturated heterocycles. The van der Waals surface area contributed by atoms with E-state index in [1.54, 1.807) is 0 Å². The first kappa shape index (κ1) is 13.8. The van der Waals surface area contributed by atoms with Gasteiger partial charge in [-0.05, 0) is 27.7 Å². The fourth-order valence-electron chi connectivity index (χ4n) is 2.20. The molecule has 104 valence electrons. The lowest BCUT2D eigenvalue weighted by Gasteiger charge is -2.04. The van der Waals surface area contributed by atoms with E-state index in [0.29, 0.717) is 0 Å². The summed E-state index contributed by atoms with van der Waals surface area (Å²) in [5.74, 6) is 0. The molecule has 2 aromatic heterocycles. The predicted octanol–water partition coefficient (Wildman–Crippen LogP) is 2.03. The van der Waals surface area contributed by atoms with Gasteiger partial charge in [0, 0.05) is 49.2 Å². The molecular weight excluding hydrogens is 238 g/mol. The molecule has 0 spiro atoms. The molecule has 0 bridgehead atoms. The quantitative estimate of drug-likeness (QED) is 0.865. The molecule has 2 rings (SSSR count). The number of nitrogens with one attached hydrogen (secondary N) is 1. The molecule has 0 aromatic carbocycles. The molecule has 0 radical (unpaired) electrons. The maximum Gasteiger partial charge on any atom is 0.0638 e. The van der Waals surface area contributed by atoms with Crippen molar-refractivity contribution in [3.63, 3.8) is 0 Å². The van der Waals surface area contributed by atoms with Gasteiger partial charge in [-0.2, -0.15) is 10.2 Å². The number of aryl methyl sites for hydroxylation is 3. The van der Waals surface area contributed by atoms with Crippen LogP contribution in [-0.2, 0) is 26.2 Å². The van der Waals surface area contributed by atoms with Crippen LogP contribution in [0, 0.1) is 13.8 Å². The zero-order valence-electron chi connectivity index (χ0n) is 12.3. The van der Waals surface area contributed by atoms with Crippen molar-refractivity contribution in [2.45, 2.75) is 53.9 Å². The van der Waals surface area contributed by atoms with Crippen molar-refractivity contribution in [2.75, 3.05) is 0 Å². The van der Waals surface area contributed by atoms with E-state index in [4.69, 9.17) is 0 Å². The van der Waals surface area contributed by atoms with Gasteiger partial charge in [-0.3, -0.25) is 9.36 Å². The Morgan fingerprint density at radius 1 is 1.11 bits per heavy atom. The molecule has 0 aliphatic carbocycles. The van der Waals surface area contributed by atoms with E-state index < -0.39 is 0 Å². The first-order chi connectivity index (χ1) is 9.15. The van der Waals surface area contributed by atoms with Gasteiger partial charge >= 0.3 is 0 Å². The Kier molecular flexibility index (Phi) is 4.37. The van der Waals surface area contributed by atoms with Gasteiger partial charge in [0.25, 0.3) is 0 Å². The van der Waals surface area contributed by atoms with Crippen molar-refractivity contribution < 1.29 is 0 Å². The summed E-state index contributed by atoms with van der Waals surface area (Å²) in [6.07, 6.45) is 4.07. The molecule has 0 fully saturated rings. The lowest BCUT2D eigenvalue weighted by Crippen LogP contribution is -2.13. The minimum absolute atomic E-state index is 0.850. The second-order valence-electron chi connectivity index (χ2n) is 4.77. The Labute approximate surface area is 114 Å². The van der Waals surface area contributed by atoms with Crippen molar-refractivity contribution in [1.82, 2.24) is 24.9 Å². The average Bonchev–Trinajstić information content (AvgIpc) is 2.94. The molecule has 0 aliphatic heterocycles. The van der Waals surface area contributed by atoms with Crippen molar-refractivity contribution >= 4 is 0 Å². The van der Waals surface area contributed by atoms with E-state index in [9.17, 15) is 0 Å². The Balaban J connectivity index is 1.92. The number of hydrogen-bond acceptors (Lipinski definition) is 3. The monoisotopic (exact) mass is 261 g/mol. The number of aromatic nitrogens is 4. The highest BCUT2D eigenvalue weighted by atomic mass is 15.3. The lowest BCUT2D eigenvalue weighted by atomic mass is 10.2. The largest absolute Gasteiger partial charge is 0.308 e. The van der Waals surface area contributed by atoms with Gasteiger partial charge in [-0.25, -0.2) is 0 Å². The van der Waals surface area contributed by atoms with Gasteiger partial charge < -0.3 is 5.32 Å². The SMILES string of the molecule is CCn1cc(CNCc2cnn(CC)c2C)c(C)n1. The van der Waals surface area contributed by atoms with E-state index in [-0.39, 0.29) is 0 Å². The molecule has 0 unspecified atom stereocenters. The van der Waals surface area contributed by atoms with Gasteiger partial charge in [0.1, 0.15) is 0 Å². The van der Waals surface area contributed by atoms with Crippen LogP contribution in [-0.4, -0.2) is 19.6 Å². The first-order valence-electron chi connectivity index (χ1n) is 6.90. The van der Waals surface area contributed by atoms with Crippen LogP contribution in [0.1, 0.15) is 36.4 Å². The Morgan fingerprint density at radius 2 is 1.84 bits per heavy atom. The fourth-order valence-corrected chi connectivity index (χ4v) is 2.20. The summed E-state index contributed by atoms with van der Waals surface area (Å²) >= 11 is 0. The van der Waals surface area contributed by atoms with Gasteiger partial charge in [0.2, 0.25) is 0 Å². The number of rotatable bonds is 6. The third-order valence-corrected chi connectivity index (χ3v) is 3.51. The van der Waals surface area contributed by atoms with Crippen LogP contribution in [0.15, 0.2) is 12.4 Å². The van der Waals surface area contributed by atoms with Crippen LogP contribution < -0.4 is 5.32 Å². The van der Waals surface area contributed by atoms with E-state index in [1.807, 2.05) is 15.6 Å². The molecule has 1 N–H and O–H groups in total. The molecule has 2 heterocycles. The Morgan fingerprint density at radius 3 is 2.42 bits per heavy atom. The van der Waals surface area contributed by atoms with Crippen LogP contribution in [0.2, 0.25) is 0 Å². The number of nitrogens with zero attached hydrogens (tertiary/aromatic N) is 4. The zero-order chi connectivity index (χ0) is 13.8. The minimum Gasteiger partial charge on any atom is -0.308 e. The van der Waals surface area contributed by atoms with Crippen LogP contribution in [0.4, 0.5) is 0 Å². The molecule has 0 atom stereocenters.